The van der Waals surface area contributed by atoms with E-state index in [4.69, 9.17) is 14.2 Å². The van der Waals surface area contributed by atoms with Crippen molar-refractivity contribution < 1.29 is 22.6 Å². The molecule has 0 bridgehead atoms. The zero-order valence-electron chi connectivity index (χ0n) is 12.4. The number of fused-ring (bicyclic) bond motifs is 1. The summed E-state index contributed by atoms with van der Waals surface area (Å²) in [4.78, 5) is 0.169. The Hall–Kier alpha value is -1.35. The van der Waals surface area contributed by atoms with Gasteiger partial charge in [-0.05, 0) is 31.5 Å². The van der Waals surface area contributed by atoms with E-state index in [0.717, 1.165) is 19.4 Å². The highest BCUT2D eigenvalue weighted by molar-refractivity contribution is 7.89. The van der Waals surface area contributed by atoms with Gasteiger partial charge >= 0.3 is 0 Å². The van der Waals surface area contributed by atoms with Gasteiger partial charge in [-0.25, -0.2) is 13.1 Å². The van der Waals surface area contributed by atoms with Gasteiger partial charge in [0.05, 0.1) is 17.0 Å². The van der Waals surface area contributed by atoms with Gasteiger partial charge in [-0.15, -0.1) is 0 Å². The number of sulfonamides is 1. The van der Waals surface area contributed by atoms with Gasteiger partial charge in [0.25, 0.3) is 0 Å². The first-order valence-corrected chi connectivity index (χ1v) is 8.66. The van der Waals surface area contributed by atoms with Crippen molar-refractivity contribution in [2.24, 2.45) is 0 Å². The second-order valence-electron chi connectivity index (χ2n) is 5.58. The van der Waals surface area contributed by atoms with Crippen LogP contribution in [-0.2, 0) is 14.8 Å². The van der Waals surface area contributed by atoms with Crippen LogP contribution in [0.4, 0.5) is 0 Å². The molecule has 0 radical (unpaired) electrons. The second kappa shape index (κ2) is 6.04. The standard InChI is InChI=1S/C14H20N2O5S/c1-19-9-14(5-2-6-15-14)8-16-22(17,18)11-3-4-12-13(7-11)21-10-20-12/h3-4,7,15-16H,2,5-6,8-10H2,1H3. The number of methoxy groups -OCH3 is 1. The summed E-state index contributed by atoms with van der Waals surface area (Å²) in [6, 6.07) is 4.60. The van der Waals surface area contributed by atoms with E-state index in [9.17, 15) is 8.42 Å². The van der Waals surface area contributed by atoms with Crippen molar-refractivity contribution in [3.8, 4) is 11.5 Å². The molecule has 0 aliphatic carbocycles. The Balaban J connectivity index is 1.73. The average molecular weight is 328 g/mol. The average Bonchev–Trinajstić information content (AvgIpc) is 3.14. The molecule has 1 unspecified atom stereocenters. The van der Waals surface area contributed by atoms with E-state index in [1.807, 2.05) is 0 Å². The van der Waals surface area contributed by atoms with Crippen LogP contribution in [0.3, 0.4) is 0 Å². The molecule has 2 aliphatic heterocycles. The summed E-state index contributed by atoms with van der Waals surface area (Å²) in [5.41, 5.74) is -0.335. The summed E-state index contributed by atoms with van der Waals surface area (Å²) in [6.07, 6.45) is 1.89. The van der Waals surface area contributed by atoms with Crippen molar-refractivity contribution in [1.82, 2.24) is 10.0 Å². The topological polar surface area (TPSA) is 85.9 Å². The number of hydrogen-bond donors (Lipinski definition) is 2. The van der Waals surface area contributed by atoms with Gasteiger partial charge in [-0.3, -0.25) is 0 Å². The van der Waals surface area contributed by atoms with Crippen molar-refractivity contribution >= 4 is 10.0 Å². The zero-order chi connectivity index (χ0) is 15.6. The predicted molar refractivity (Wildman–Crippen MR) is 79.6 cm³/mol. The Kier molecular flexibility index (Phi) is 4.26. The third-order valence-electron chi connectivity index (χ3n) is 4.01. The Labute approximate surface area is 130 Å². The summed E-state index contributed by atoms with van der Waals surface area (Å²) < 4.78 is 43.2. The van der Waals surface area contributed by atoms with E-state index in [-0.39, 0.29) is 23.8 Å². The minimum atomic E-state index is -3.61. The highest BCUT2D eigenvalue weighted by atomic mass is 32.2. The first-order valence-electron chi connectivity index (χ1n) is 7.18. The molecule has 0 spiro atoms. The molecule has 0 saturated carbocycles. The molecule has 8 heteroatoms. The SMILES string of the molecule is COCC1(CNS(=O)(=O)c2ccc3c(c2)OCO3)CCCN1. The second-order valence-corrected chi connectivity index (χ2v) is 7.35. The van der Waals surface area contributed by atoms with E-state index < -0.39 is 10.0 Å². The maximum Gasteiger partial charge on any atom is 0.240 e. The van der Waals surface area contributed by atoms with Gasteiger partial charge in [0, 0.05) is 19.7 Å². The summed E-state index contributed by atoms with van der Waals surface area (Å²) in [6.45, 7) is 1.75. The van der Waals surface area contributed by atoms with Crippen LogP contribution in [0.15, 0.2) is 23.1 Å². The lowest BCUT2D eigenvalue weighted by atomic mass is 9.99. The molecule has 7 nitrogen and oxygen atoms in total. The molecular weight excluding hydrogens is 308 g/mol. The molecule has 3 rings (SSSR count). The van der Waals surface area contributed by atoms with E-state index >= 15 is 0 Å². The Morgan fingerprint density at radius 3 is 2.91 bits per heavy atom. The maximum absolute atomic E-state index is 12.5. The fourth-order valence-corrected chi connectivity index (χ4v) is 3.97. The first-order chi connectivity index (χ1) is 10.5. The highest BCUT2D eigenvalue weighted by Gasteiger charge is 2.35. The number of nitrogens with one attached hydrogen (secondary N) is 2. The van der Waals surface area contributed by atoms with Crippen molar-refractivity contribution in [1.29, 1.82) is 0 Å². The van der Waals surface area contributed by atoms with Gasteiger partial charge in [-0.2, -0.15) is 0 Å². The molecule has 1 aromatic carbocycles. The van der Waals surface area contributed by atoms with E-state index in [2.05, 4.69) is 10.0 Å². The smallest absolute Gasteiger partial charge is 0.240 e. The van der Waals surface area contributed by atoms with Crippen LogP contribution in [0.25, 0.3) is 0 Å². The Bertz CT molecular complexity index is 641. The van der Waals surface area contributed by atoms with E-state index in [1.54, 1.807) is 13.2 Å². The lowest BCUT2D eigenvalue weighted by molar-refractivity contribution is 0.122. The van der Waals surface area contributed by atoms with E-state index in [0.29, 0.717) is 18.1 Å². The fourth-order valence-electron chi connectivity index (χ4n) is 2.83. The summed E-state index contributed by atoms with van der Waals surface area (Å²) in [5.74, 6) is 1.01. The normalized spacial score (nSPS) is 23.9. The fraction of sp³-hybridized carbons (Fsp3) is 0.571. The number of rotatable bonds is 6. The van der Waals surface area contributed by atoms with Crippen LogP contribution >= 0.6 is 0 Å². The summed E-state index contributed by atoms with van der Waals surface area (Å²) in [5, 5.41) is 3.34. The molecule has 1 atom stereocenters. The van der Waals surface area contributed by atoms with Crippen LogP contribution < -0.4 is 19.5 Å². The lowest BCUT2D eigenvalue weighted by Gasteiger charge is -2.28. The molecule has 1 fully saturated rings. The molecule has 2 heterocycles. The molecule has 0 amide bonds. The third kappa shape index (κ3) is 3.05. The van der Waals surface area contributed by atoms with Crippen LogP contribution in [0.5, 0.6) is 11.5 Å². The van der Waals surface area contributed by atoms with E-state index in [1.165, 1.54) is 12.1 Å². The van der Waals surface area contributed by atoms with Crippen molar-refractivity contribution in [2.75, 3.05) is 33.6 Å². The highest BCUT2D eigenvalue weighted by Crippen LogP contribution is 2.33. The van der Waals surface area contributed by atoms with Crippen LogP contribution in [-0.4, -0.2) is 47.6 Å². The molecular formula is C14H20N2O5S. The van der Waals surface area contributed by atoms with Crippen molar-refractivity contribution in [2.45, 2.75) is 23.3 Å². The number of benzene rings is 1. The van der Waals surface area contributed by atoms with Crippen LogP contribution in [0, 0.1) is 0 Å². The monoisotopic (exact) mass is 328 g/mol. The molecule has 2 aliphatic rings. The largest absolute Gasteiger partial charge is 0.454 e. The Morgan fingerprint density at radius 2 is 2.18 bits per heavy atom. The zero-order valence-corrected chi connectivity index (χ0v) is 13.2. The van der Waals surface area contributed by atoms with Crippen LogP contribution in [0.2, 0.25) is 0 Å². The first kappa shape index (κ1) is 15.5. The molecule has 1 saturated heterocycles. The number of ether oxygens (including phenoxy) is 3. The third-order valence-corrected chi connectivity index (χ3v) is 5.41. The van der Waals surface area contributed by atoms with Gasteiger partial charge in [-0.1, -0.05) is 0 Å². The molecule has 2 N–H and O–H groups in total. The van der Waals surface area contributed by atoms with Gasteiger partial charge in [0.15, 0.2) is 11.5 Å². The van der Waals surface area contributed by atoms with Gasteiger partial charge < -0.3 is 19.5 Å². The number of hydrogen-bond acceptors (Lipinski definition) is 6. The molecule has 22 heavy (non-hydrogen) atoms. The quantitative estimate of drug-likeness (QED) is 0.789. The van der Waals surface area contributed by atoms with Crippen molar-refractivity contribution in [3.05, 3.63) is 18.2 Å². The maximum atomic E-state index is 12.5. The summed E-state index contributed by atoms with van der Waals surface area (Å²) in [7, 11) is -1.99. The summed E-state index contributed by atoms with van der Waals surface area (Å²) >= 11 is 0. The van der Waals surface area contributed by atoms with Gasteiger partial charge in [0.2, 0.25) is 16.8 Å². The molecule has 122 valence electrons. The van der Waals surface area contributed by atoms with Gasteiger partial charge in [0.1, 0.15) is 0 Å². The van der Waals surface area contributed by atoms with Crippen molar-refractivity contribution in [3.63, 3.8) is 0 Å². The minimum absolute atomic E-state index is 0.118. The minimum Gasteiger partial charge on any atom is -0.454 e. The lowest BCUT2D eigenvalue weighted by Crippen LogP contribution is -2.52. The van der Waals surface area contributed by atoms with Crippen LogP contribution in [0.1, 0.15) is 12.8 Å². The molecule has 1 aromatic rings. The predicted octanol–water partition coefficient (Wildman–Crippen LogP) is 0.462. The Morgan fingerprint density at radius 1 is 1.36 bits per heavy atom. The molecule has 0 aromatic heterocycles.